The minimum Gasteiger partial charge on any atom is -0.479 e. The highest BCUT2D eigenvalue weighted by molar-refractivity contribution is 5.76. The summed E-state index contributed by atoms with van der Waals surface area (Å²) in [5.41, 5.74) is 2.00. The molecule has 4 nitrogen and oxygen atoms in total. The Hall–Kier alpha value is -1.83. The summed E-state index contributed by atoms with van der Waals surface area (Å²) in [6.45, 7) is 0. The SMILES string of the molecule is Nc1c(F)cc(C(F)(F)F)cc1C(O)C(=O)O. The number of aliphatic hydroxyl groups is 1. The van der Waals surface area contributed by atoms with E-state index in [1.807, 2.05) is 0 Å². The number of halogens is 4. The Morgan fingerprint density at radius 2 is 1.88 bits per heavy atom. The van der Waals surface area contributed by atoms with Crippen molar-refractivity contribution in [2.75, 3.05) is 5.73 Å². The smallest absolute Gasteiger partial charge is 0.416 e. The summed E-state index contributed by atoms with van der Waals surface area (Å²) in [5.74, 6) is -3.26. The number of nitrogen functional groups attached to an aromatic ring is 1. The van der Waals surface area contributed by atoms with Gasteiger partial charge in [0, 0.05) is 5.56 Å². The van der Waals surface area contributed by atoms with Crippen LogP contribution in [0.25, 0.3) is 0 Å². The number of aliphatic hydroxyl groups excluding tert-OH is 1. The van der Waals surface area contributed by atoms with E-state index in [-0.39, 0.29) is 6.07 Å². The van der Waals surface area contributed by atoms with Crippen LogP contribution < -0.4 is 5.73 Å². The van der Waals surface area contributed by atoms with E-state index >= 15 is 0 Å². The molecule has 94 valence electrons. The maximum Gasteiger partial charge on any atom is 0.416 e. The number of hydrogen-bond acceptors (Lipinski definition) is 3. The van der Waals surface area contributed by atoms with Gasteiger partial charge in [-0.1, -0.05) is 0 Å². The average molecular weight is 253 g/mol. The molecule has 0 spiro atoms. The molecule has 17 heavy (non-hydrogen) atoms. The summed E-state index contributed by atoms with van der Waals surface area (Å²) < 4.78 is 50.0. The molecule has 1 aromatic carbocycles. The van der Waals surface area contributed by atoms with E-state index in [9.17, 15) is 22.4 Å². The number of carboxylic acid groups (broad SMARTS) is 1. The molecule has 0 aliphatic carbocycles. The van der Waals surface area contributed by atoms with Crippen LogP contribution in [0, 0.1) is 5.82 Å². The van der Waals surface area contributed by atoms with Crippen molar-refractivity contribution in [2.24, 2.45) is 0 Å². The molecule has 0 saturated heterocycles. The van der Waals surface area contributed by atoms with E-state index in [0.717, 1.165) is 0 Å². The Morgan fingerprint density at radius 3 is 2.29 bits per heavy atom. The number of hydrogen-bond donors (Lipinski definition) is 3. The molecule has 0 heterocycles. The fourth-order valence-corrected chi connectivity index (χ4v) is 1.16. The van der Waals surface area contributed by atoms with Crippen LogP contribution in [-0.2, 0) is 11.0 Å². The van der Waals surface area contributed by atoms with Crippen LogP contribution in [-0.4, -0.2) is 16.2 Å². The molecule has 1 aromatic rings. The highest BCUT2D eigenvalue weighted by atomic mass is 19.4. The molecule has 0 aromatic heterocycles. The first-order valence-electron chi connectivity index (χ1n) is 4.21. The zero-order valence-corrected chi connectivity index (χ0v) is 8.12. The van der Waals surface area contributed by atoms with Gasteiger partial charge in [0.2, 0.25) is 0 Å². The maximum absolute atomic E-state index is 13.1. The maximum atomic E-state index is 13.1. The van der Waals surface area contributed by atoms with Crippen LogP contribution in [0.5, 0.6) is 0 Å². The number of nitrogens with two attached hydrogens (primary N) is 1. The van der Waals surface area contributed by atoms with Gasteiger partial charge in [-0.2, -0.15) is 13.2 Å². The van der Waals surface area contributed by atoms with Crippen molar-refractivity contribution >= 4 is 11.7 Å². The molecule has 0 aliphatic heterocycles. The molecule has 0 bridgehead atoms. The number of aliphatic carboxylic acids is 1. The van der Waals surface area contributed by atoms with Crippen LogP contribution in [0.1, 0.15) is 17.2 Å². The highest BCUT2D eigenvalue weighted by Gasteiger charge is 2.33. The second-order valence-corrected chi connectivity index (χ2v) is 3.20. The Morgan fingerprint density at radius 1 is 1.35 bits per heavy atom. The van der Waals surface area contributed by atoms with Gasteiger partial charge in [0.15, 0.2) is 6.10 Å². The summed E-state index contributed by atoms with van der Waals surface area (Å²) in [6, 6.07) is 0.435. The quantitative estimate of drug-likeness (QED) is 0.551. The third-order valence-corrected chi connectivity index (χ3v) is 2.02. The number of carbonyl (C=O) groups is 1. The lowest BCUT2D eigenvalue weighted by Crippen LogP contribution is -2.16. The van der Waals surface area contributed by atoms with Gasteiger partial charge in [0.05, 0.1) is 11.3 Å². The number of alkyl halides is 3. The Labute approximate surface area is 92.3 Å². The fourth-order valence-electron chi connectivity index (χ4n) is 1.16. The van der Waals surface area contributed by atoms with E-state index in [1.165, 1.54) is 0 Å². The Bertz CT molecular complexity index is 458. The van der Waals surface area contributed by atoms with Gasteiger partial charge < -0.3 is 15.9 Å². The molecule has 0 amide bonds. The molecule has 0 fully saturated rings. The third-order valence-electron chi connectivity index (χ3n) is 2.02. The number of rotatable bonds is 2. The van der Waals surface area contributed by atoms with Crippen LogP contribution in [0.4, 0.5) is 23.2 Å². The molecule has 1 atom stereocenters. The first-order valence-corrected chi connectivity index (χ1v) is 4.21. The van der Waals surface area contributed by atoms with Gasteiger partial charge in [-0.05, 0) is 12.1 Å². The molecule has 8 heteroatoms. The van der Waals surface area contributed by atoms with E-state index in [4.69, 9.17) is 15.9 Å². The molecule has 0 radical (unpaired) electrons. The number of carboxylic acids is 1. The third kappa shape index (κ3) is 2.64. The van der Waals surface area contributed by atoms with Gasteiger partial charge in [-0.15, -0.1) is 0 Å². The molecule has 0 aliphatic rings. The van der Waals surface area contributed by atoms with Crippen molar-refractivity contribution in [1.29, 1.82) is 0 Å². The van der Waals surface area contributed by atoms with Crippen molar-refractivity contribution in [3.8, 4) is 0 Å². The lowest BCUT2D eigenvalue weighted by Gasteiger charge is -2.14. The van der Waals surface area contributed by atoms with Gasteiger partial charge in [0.25, 0.3) is 0 Å². The molecule has 0 saturated carbocycles. The lowest BCUT2D eigenvalue weighted by molar-refractivity contribution is -0.147. The van der Waals surface area contributed by atoms with Crippen LogP contribution in [0.15, 0.2) is 12.1 Å². The van der Waals surface area contributed by atoms with Crippen molar-refractivity contribution in [1.82, 2.24) is 0 Å². The first-order chi connectivity index (χ1) is 7.64. The molecular formula is C9H7F4NO3. The standard InChI is InChI=1S/C9H7F4NO3/c10-5-2-3(9(11,12)13)1-4(6(5)14)7(15)8(16)17/h1-2,7,15H,14H2,(H,16,17). The monoisotopic (exact) mass is 253 g/mol. The Balaban J connectivity index is 3.40. The minimum absolute atomic E-state index is 0.132. The minimum atomic E-state index is -4.86. The predicted molar refractivity (Wildman–Crippen MR) is 48.4 cm³/mol. The second-order valence-electron chi connectivity index (χ2n) is 3.20. The lowest BCUT2D eigenvalue weighted by atomic mass is 10.0. The number of benzene rings is 1. The first kappa shape index (κ1) is 13.2. The van der Waals surface area contributed by atoms with Crippen molar-refractivity contribution in [2.45, 2.75) is 12.3 Å². The predicted octanol–water partition coefficient (Wildman–Crippen LogP) is 1.54. The molecule has 4 N–H and O–H groups in total. The zero-order chi connectivity index (χ0) is 13.4. The summed E-state index contributed by atoms with van der Waals surface area (Å²) in [6.07, 6.45) is -7.17. The largest absolute Gasteiger partial charge is 0.479 e. The zero-order valence-electron chi connectivity index (χ0n) is 8.12. The molecule has 1 rings (SSSR count). The van der Waals surface area contributed by atoms with Gasteiger partial charge in [-0.3, -0.25) is 0 Å². The Kier molecular flexibility index (Phi) is 3.28. The summed E-state index contributed by atoms with van der Waals surface area (Å²) in [7, 11) is 0. The molecular weight excluding hydrogens is 246 g/mol. The van der Waals surface area contributed by atoms with Crippen LogP contribution in [0.3, 0.4) is 0 Å². The van der Waals surface area contributed by atoms with Gasteiger partial charge >= 0.3 is 12.1 Å². The van der Waals surface area contributed by atoms with Gasteiger partial charge in [0.1, 0.15) is 5.82 Å². The van der Waals surface area contributed by atoms with E-state index in [1.54, 1.807) is 0 Å². The van der Waals surface area contributed by atoms with Crippen LogP contribution in [0.2, 0.25) is 0 Å². The fraction of sp³-hybridized carbons (Fsp3) is 0.222. The van der Waals surface area contributed by atoms with Crippen LogP contribution >= 0.6 is 0 Å². The molecule has 1 unspecified atom stereocenters. The normalized spacial score (nSPS) is 13.5. The van der Waals surface area contributed by atoms with E-state index in [0.29, 0.717) is 6.07 Å². The number of anilines is 1. The highest BCUT2D eigenvalue weighted by Crippen LogP contribution is 2.34. The average Bonchev–Trinajstić information content (AvgIpc) is 2.19. The van der Waals surface area contributed by atoms with Crippen molar-refractivity contribution in [3.05, 3.63) is 29.1 Å². The topological polar surface area (TPSA) is 83.5 Å². The van der Waals surface area contributed by atoms with Crippen molar-refractivity contribution in [3.63, 3.8) is 0 Å². The summed E-state index contributed by atoms with van der Waals surface area (Å²) in [5, 5.41) is 17.5. The summed E-state index contributed by atoms with van der Waals surface area (Å²) in [4.78, 5) is 10.4. The van der Waals surface area contributed by atoms with E-state index in [2.05, 4.69) is 0 Å². The second kappa shape index (κ2) is 4.21. The van der Waals surface area contributed by atoms with Crippen molar-refractivity contribution < 1.29 is 32.6 Å². The van der Waals surface area contributed by atoms with Gasteiger partial charge in [-0.25, -0.2) is 9.18 Å². The summed E-state index contributed by atoms with van der Waals surface area (Å²) >= 11 is 0. The van der Waals surface area contributed by atoms with E-state index < -0.39 is 40.9 Å².